The highest BCUT2D eigenvalue weighted by molar-refractivity contribution is 9.10. The first-order valence-electron chi connectivity index (χ1n) is 6.02. The van der Waals surface area contributed by atoms with Gasteiger partial charge < -0.3 is 15.4 Å². The molecule has 2 N–H and O–H groups in total. The standard InChI is InChI=1S/C13H19BrN2O2/c1-3-18-8-4-7-15-13(17)16-12-9-11(14)6-5-10(12)2/h5-6,9H,3-4,7-8H2,1-2H3,(H2,15,16,17). The normalized spacial score (nSPS) is 10.2. The number of aryl methyl sites for hydroxylation is 1. The first-order chi connectivity index (χ1) is 8.63. The summed E-state index contributed by atoms with van der Waals surface area (Å²) in [6, 6.07) is 5.59. The van der Waals surface area contributed by atoms with Gasteiger partial charge in [0.15, 0.2) is 0 Å². The molecule has 5 heteroatoms. The molecule has 0 unspecified atom stereocenters. The van der Waals surface area contributed by atoms with Gasteiger partial charge in [-0.2, -0.15) is 0 Å². The maximum absolute atomic E-state index is 11.6. The van der Waals surface area contributed by atoms with Gasteiger partial charge in [0, 0.05) is 29.9 Å². The van der Waals surface area contributed by atoms with E-state index < -0.39 is 0 Å². The van der Waals surface area contributed by atoms with Gasteiger partial charge in [-0.05, 0) is 38.0 Å². The van der Waals surface area contributed by atoms with E-state index in [0.29, 0.717) is 19.8 Å². The predicted molar refractivity (Wildman–Crippen MR) is 77.0 cm³/mol. The van der Waals surface area contributed by atoms with Gasteiger partial charge in [0.2, 0.25) is 0 Å². The lowest BCUT2D eigenvalue weighted by Gasteiger charge is -2.10. The third kappa shape index (κ3) is 5.51. The smallest absolute Gasteiger partial charge is 0.319 e. The van der Waals surface area contributed by atoms with Crippen molar-refractivity contribution in [3.05, 3.63) is 28.2 Å². The number of nitrogens with one attached hydrogen (secondary N) is 2. The zero-order valence-corrected chi connectivity index (χ0v) is 12.3. The molecule has 0 spiro atoms. The van der Waals surface area contributed by atoms with Crippen LogP contribution in [0.2, 0.25) is 0 Å². The Balaban J connectivity index is 2.33. The van der Waals surface area contributed by atoms with Crippen molar-refractivity contribution < 1.29 is 9.53 Å². The first kappa shape index (κ1) is 15.0. The van der Waals surface area contributed by atoms with E-state index in [1.54, 1.807) is 0 Å². The van der Waals surface area contributed by atoms with Crippen LogP contribution in [0.1, 0.15) is 18.9 Å². The molecule has 0 aliphatic rings. The molecular formula is C13H19BrN2O2. The Morgan fingerprint density at radius 2 is 2.22 bits per heavy atom. The van der Waals surface area contributed by atoms with Gasteiger partial charge in [-0.3, -0.25) is 0 Å². The van der Waals surface area contributed by atoms with Gasteiger partial charge in [0.05, 0.1) is 0 Å². The number of halogens is 1. The van der Waals surface area contributed by atoms with Crippen LogP contribution in [0.25, 0.3) is 0 Å². The van der Waals surface area contributed by atoms with Crippen molar-refractivity contribution in [2.75, 3.05) is 25.1 Å². The number of urea groups is 1. The van der Waals surface area contributed by atoms with Crippen molar-refractivity contribution in [3.8, 4) is 0 Å². The Labute approximate surface area is 116 Å². The highest BCUT2D eigenvalue weighted by Crippen LogP contribution is 2.20. The van der Waals surface area contributed by atoms with E-state index in [9.17, 15) is 4.79 Å². The highest BCUT2D eigenvalue weighted by Gasteiger charge is 2.04. The van der Waals surface area contributed by atoms with Crippen LogP contribution < -0.4 is 10.6 Å². The zero-order chi connectivity index (χ0) is 13.4. The zero-order valence-electron chi connectivity index (χ0n) is 10.8. The number of hydrogen-bond donors (Lipinski definition) is 2. The molecule has 4 nitrogen and oxygen atoms in total. The average molecular weight is 315 g/mol. The average Bonchev–Trinajstić information content (AvgIpc) is 2.33. The van der Waals surface area contributed by atoms with E-state index in [1.807, 2.05) is 32.0 Å². The van der Waals surface area contributed by atoms with Crippen molar-refractivity contribution in [2.24, 2.45) is 0 Å². The van der Waals surface area contributed by atoms with Crippen LogP contribution in [0.3, 0.4) is 0 Å². The van der Waals surface area contributed by atoms with E-state index in [4.69, 9.17) is 4.74 Å². The molecule has 0 atom stereocenters. The van der Waals surface area contributed by atoms with Gasteiger partial charge >= 0.3 is 6.03 Å². The van der Waals surface area contributed by atoms with E-state index in [2.05, 4.69) is 26.6 Å². The maximum Gasteiger partial charge on any atom is 0.319 e. The Morgan fingerprint density at radius 1 is 1.44 bits per heavy atom. The number of benzene rings is 1. The highest BCUT2D eigenvalue weighted by atomic mass is 79.9. The van der Waals surface area contributed by atoms with E-state index in [0.717, 1.165) is 22.1 Å². The second-order valence-electron chi connectivity index (χ2n) is 3.89. The van der Waals surface area contributed by atoms with Gasteiger partial charge in [0.25, 0.3) is 0 Å². The lowest BCUT2D eigenvalue weighted by molar-refractivity contribution is 0.145. The van der Waals surface area contributed by atoms with Crippen LogP contribution in [0.4, 0.5) is 10.5 Å². The van der Waals surface area contributed by atoms with Crippen LogP contribution in [0, 0.1) is 6.92 Å². The van der Waals surface area contributed by atoms with Crippen molar-refractivity contribution in [1.29, 1.82) is 0 Å². The van der Waals surface area contributed by atoms with Crippen LogP contribution in [-0.2, 0) is 4.74 Å². The SMILES string of the molecule is CCOCCCNC(=O)Nc1cc(Br)ccc1C. The molecule has 0 bridgehead atoms. The third-order valence-electron chi connectivity index (χ3n) is 2.40. The number of ether oxygens (including phenoxy) is 1. The number of carbonyl (C=O) groups is 1. The molecule has 0 radical (unpaired) electrons. The summed E-state index contributed by atoms with van der Waals surface area (Å²) in [6.45, 7) is 5.91. The van der Waals surface area contributed by atoms with E-state index >= 15 is 0 Å². The lowest BCUT2D eigenvalue weighted by atomic mass is 10.2. The van der Waals surface area contributed by atoms with Gasteiger partial charge in [-0.15, -0.1) is 0 Å². The summed E-state index contributed by atoms with van der Waals surface area (Å²) < 4.78 is 6.13. The van der Waals surface area contributed by atoms with Crippen LogP contribution in [-0.4, -0.2) is 25.8 Å². The monoisotopic (exact) mass is 314 g/mol. The lowest BCUT2D eigenvalue weighted by Crippen LogP contribution is -2.30. The maximum atomic E-state index is 11.6. The number of amides is 2. The molecule has 1 rings (SSSR count). The minimum absolute atomic E-state index is 0.187. The topological polar surface area (TPSA) is 50.4 Å². The Kier molecular flexibility index (Phi) is 6.75. The molecule has 0 heterocycles. The molecule has 100 valence electrons. The van der Waals surface area contributed by atoms with Gasteiger partial charge in [-0.1, -0.05) is 22.0 Å². The van der Waals surface area contributed by atoms with Gasteiger partial charge in [0.1, 0.15) is 0 Å². The summed E-state index contributed by atoms with van der Waals surface area (Å²) >= 11 is 3.38. The Bertz CT molecular complexity index is 397. The van der Waals surface area contributed by atoms with Crippen molar-refractivity contribution in [1.82, 2.24) is 5.32 Å². The Hall–Kier alpha value is -1.07. The molecule has 0 aromatic heterocycles. The molecule has 0 aliphatic carbocycles. The second kappa shape index (κ2) is 8.11. The second-order valence-corrected chi connectivity index (χ2v) is 4.81. The van der Waals surface area contributed by atoms with Crippen molar-refractivity contribution in [3.63, 3.8) is 0 Å². The fraction of sp³-hybridized carbons (Fsp3) is 0.462. The molecule has 0 saturated carbocycles. The number of rotatable bonds is 6. The predicted octanol–water partition coefficient (Wildman–Crippen LogP) is 3.31. The minimum atomic E-state index is -0.187. The molecule has 0 aliphatic heterocycles. The molecule has 1 aromatic rings. The molecule has 0 saturated heterocycles. The third-order valence-corrected chi connectivity index (χ3v) is 2.90. The van der Waals surface area contributed by atoms with E-state index in [1.165, 1.54) is 0 Å². The fourth-order valence-electron chi connectivity index (χ4n) is 1.42. The summed E-state index contributed by atoms with van der Waals surface area (Å²) in [5, 5.41) is 5.61. The molecular weight excluding hydrogens is 296 g/mol. The summed E-state index contributed by atoms with van der Waals surface area (Å²) in [5.41, 5.74) is 1.84. The summed E-state index contributed by atoms with van der Waals surface area (Å²) in [5.74, 6) is 0. The number of anilines is 1. The molecule has 1 aromatic carbocycles. The molecule has 0 fully saturated rings. The van der Waals surface area contributed by atoms with Crippen LogP contribution in [0.15, 0.2) is 22.7 Å². The molecule has 2 amide bonds. The number of carbonyl (C=O) groups excluding carboxylic acids is 1. The Morgan fingerprint density at radius 3 is 2.94 bits per heavy atom. The molecule has 18 heavy (non-hydrogen) atoms. The number of hydrogen-bond acceptors (Lipinski definition) is 2. The van der Waals surface area contributed by atoms with E-state index in [-0.39, 0.29) is 6.03 Å². The minimum Gasteiger partial charge on any atom is -0.382 e. The first-order valence-corrected chi connectivity index (χ1v) is 6.81. The summed E-state index contributed by atoms with van der Waals surface area (Å²) in [4.78, 5) is 11.6. The fourth-order valence-corrected chi connectivity index (χ4v) is 1.78. The summed E-state index contributed by atoms with van der Waals surface area (Å²) in [7, 11) is 0. The largest absolute Gasteiger partial charge is 0.382 e. The van der Waals surface area contributed by atoms with Crippen molar-refractivity contribution >= 4 is 27.6 Å². The van der Waals surface area contributed by atoms with Gasteiger partial charge in [-0.25, -0.2) is 4.79 Å². The quantitative estimate of drug-likeness (QED) is 0.791. The van der Waals surface area contributed by atoms with Crippen molar-refractivity contribution in [2.45, 2.75) is 20.3 Å². The van der Waals surface area contributed by atoms with Crippen LogP contribution in [0.5, 0.6) is 0 Å². The van der Waals surface area contributed by atoms with Crippen LogP contribution >= 0.6 is 15.9 Å². The summed E-state index contributed by atoms with van der Waals surface area (Å²) in [6.07, 6.45) is 0.818.